The standard InChI is InChI=1S/C24H33N3O3S/c1-6-26-19-9-8-16(21(29)30-7-2)10-18(19)25-22(26)31-13-20(28)27-15-24(5)12-17(27)11-23(3,4)14-24/h8-10,17H,6-7,11-15H2,1-5H3. The number of ether oxygens (including phenoxy) is 1. The summed E-state index contributed by atoms with van der Waals surface area (Å²) in [5.74, 6) is 0.260. The van der Waals surface area contributed by atoms with Crippen molar-refractivity contribution < 1.29 is 14.3 Å². The lowest BCUT2D eigenvalue weighted by Crippen LogP contribution is -2.38. The number of hydrogen-bond acceptors (Lipinski definition) is 5. The lowest BCUT2D eigenvalue weighted by atomic mass is 9.65. The van der Waals surface area contributed by atoms with Crippen LogP contribution in [0.3, 0.4) is 0 Å². The number of hydrogen-bond donors (Lipinski definition) is 0. The van der Waals surface area contributed by atoms with Gasteiger partial charge in [0.15, 0.2) is 5.16 Å². The van der Waals surface area contributed by atoms with E-state index in [0.717, 1.165) is 42.1 Å². The average Bonchev–Trinajstić information content (AvgIpc) is 3.17. The number of carbonyl (C=O) groups is 2. The number of aromatic nitrogens is 2. The van der Waals surface area contributed by atoms with Gasteiger partial charge in [-0.1, -0.05) is 32.5 Å². The van der Waals surface area contributed by atoms with Crippen LogP contribution >= 0.6 is 11.8 Å². The zero-order valence-electron chi connectivity index (χ0n) is 19.2. The van der Waals surface area contributed by atoms with Crippen molar-refractivity contribution in [3.05, 3.63) is 23.8 Å². The van der Waals surface area contributed by atoms with Crippen molar-refractivity contribution in [2.24, 2.45) is 10.8 Å². The first-order valence-electron chi connectivity index (χ1n) is 11.2. The molecule has 2 bridgehead atoms. The van der Waals surface area contributed by atoms with Crippen LogP contribution in [0.4, 0.5) is 0 Å². The molecule has 6 nitrogen and oxygen atoms in total. The quantitative estimate of drug-likeness (QED) is 0.476. The Morgan fingerprint density at radius 3 is 2.71 bits per heavy atom. The Morgan fingerprint density at radius 2 is 2.00 bits per heavy atom. The van der Waals surface area contributed by atoms with Crippen LogP contribution in [0.5, 0.6) is 0 Å². The molecule has 1 aromatic carbocycles. The summed E-state index contributed by atoms with van der Waals surface area (Å²) in [4.78, 5) is 32.1. The first-order valence-corrected chi connectivity index (χ1v) is 12.2. The van der Waals surface area contributed by atoms with Gasteiger partial charge in [-0.05, 0) is 62.1 Å². The highest BCUT2D eigenvalue weighted by molar-refractivity contribution is 7.99. The second-order valence-corrected chi connectivity index (χ2v) is 11.0. The van der Waals surface area contributed by atoms with E-state index in [4.69, 9.17) is 9.72 Å². The number of fused-ring (bicyclic) bond motifs is 3. The predicted octanol–water partition coefficient (Wildman–Crippen LogP) is 4.75. The number of thioether (sulfide) groups is 1. The van der Waals surface area contributed by atoms with Gasteiger partial charge in [0, 0.05) is 19.1 Å². The lowest BCUT2D eigenvalue weighted by molar-refractivity contribution is -0.129. The topological polar surface area (TPSA) is 64.4 Å². The maximum Gasteiger partial charge on any atom is 0.338 e. The molecule has 2 aliphatic rings. The molecule has 0 radical (unpaired) electrons. The van der Waals surface area contributed by atoms with Crippen LogP contribution in [0, 0.1) is 10.8 Å². The van der Waals surface area contributed by atoms with Crippen molar-refractivity contribution in [3.8, 4) is 0 Å². The van der Waals surface area contributed by atoms with Crippen molar-refractivity contribution in [3.63, 3.8) is 0 Å². The predicted molar refractivity (Wildman–Crippen MR) is 123 cm³/mol. The summed E-state index contributed by atoms with van der Waals surface area (Å²) >= 11 is 1.49. The minimum atomic E-state index is -0.337. The maximum absolute atomic E-state index is 13.2. The van der Waals surface area contributed by atoms with Crippen LogP contribution in [0.25, 0.3) is 11.0 Å². The summed E-state index contributed by atoms with van der Waals surface area (Å²) in [6.45, 7) is 12.8. The second kappa shape index (κ2) is 8.15. The van der Waals surface area contributed by atoms with Gasteiger partial charge in [-0.2, -0.15) is 0 Å². The Morgan fingerprint density at radius 1 is 1.23 bits per heavy atom. The molecule has 2 atom stereocenters. The first-order chi connectivity index (χ1) is 14.6. The van der Waals surface area contributed by atoms with Gasteiger partial charge < -0.3 is 14.2 Å². The number of imidazole rings is 1. The van der Waals surface area contributed by atoms with E-state index in [1.54, 1.807) is 19.1 Å². The number of rotatable bonds is 6. The minimum Gasteiger partial charge on any atom is -0.462 e. The van der Waals surface area contributed by atoms with Gasteiger partial charge in [0.05, 0.1) is 29.0 Å². The summed E-state index contributed by atoms with van der Waals surface area (Å²) in [6, 6.07) is 5.83. The van der Waals surface area contributed by atoms with Crippen molar-refractivity contribution in [1.29, 1.82) is 0 Å². The van der Waals surface area contributed by atoms with Crippen LogP contribution in [0.15, 0.2) is 23.4 Å². The number of likely N-dealkylation sites (tertiary alicyclic amines) is 1. The molecule has 1 aliphatic heterocycles. The molecule has 31 heavy (non-hydrogen) atoms. The van der Waals surface area contributed by atoms with Crippen LogP contribution in [0.1, 0.15) is 64.2 Å². The normalized spacial score (nSPS) is 24.5. The highest BCUT2D eigenvalue weighted by Crippen LogP contribution is 2.52. The van der Waals surface area contributed by atoms with Gasteiger partial charge in [0.2, 0.25) is 5.91 Å². The Bertz CT molecular complexity index is 1010. The summed E-state index contributed by atoms with van der Waals surface area (Å²) in [5.41, 5.74) is 2.77. The molecule has 1 saturated carbocycles. The van der Waals surface area contributed by atoms with E-state index in [0.29, 0.717) is 29.4 Å². The molecule has 0 spiro atoms. The average molecular weight is 444 g/mol. The molecule has 1 aromatic heterocycles. The molecule has 7 heteroatoms. The van der Waals surface area contributed by atoms with Crippen LogP contribution in [-0.2, 0) is 16.1 Å². The number of amides is 1. The van der Waals surface area contributed by atoms with E-state index in [2.05, 4.69) is 37.2 Å². The summed E-state index contributed by atoms with van der Waals surface area (Å²) in [5, 5.41) is 0.820. The maximum atomic E-state index is 13.2. The zero-order chi connectivity index (χ0) is 22.4. The van der Waals surface area contributed by atoms with Gasteiger partial charge >= 0.3 is 5.97 Å². The molecule has 1 saturated heterocycles. The highest BCUT2D eigenvalue weighted by atomic mass is 32.2. The van der Waals surface area contributed by atoms with Gasteiger partial charge in [0.25, 0.3) is 0 Å². The fraction of sp³-hybridized carbons (Fsp3) is 0.625. The molecule has 2 fully saturated rings. The third-order valence-electron chi connectivity index (χ3n) is 6.60. The molecular weight excluding hydrogens is 410 g/mol. The molecule has 2 heterocycles. The lowest BCUT2D eigenvalue weighted by Gasteiger charge is -2.39. The molecule has 1 aliphatic carbocycles. The summed E-state index contributed by atoms with van der Waals surface area (Å²) in [6.07, 6.45) is 3.39. The Labute approximate surface area is 188 Å². The van der Waals surface area contributed by atoms with Crippen LogP contribution < -0.4 is 0 Å². The van der Waals surface area contributed by atoms with Crippen molar-refractivity contribution >= 4 is 34.7 Å². The van der Waals surface area contributed by atoms with E-state index in [1.165, 1.54) is 18.2 Å². The molecule has 2 unspecified atom stereocenters. The monoisotopic (exact) mass is 443 g/mol. The summed E-state index contributed by atoms with van der Waals surface area (Å²) < 4.78 is 7.21. The molecule has 1 amide bonds. The second-order valence-electron chi connectivity index (χ2n) is 10.1. The smallest absolute Gasteiger partial charge is 0.338 e. The number of carbonyl (C=O) groups excluding carboxylic acids is 2. The minimum absolute atomic E-state index is 0.207. The van der Waals surface area contributed by atoms with Gasteiger partial charge in [-0.3, -0.25) is 4.79 Å². The van der Waals surface area contributed by atoms with Gasteiger partial charge in [-0.15, -0.1) is 0 Å². The third kappa shape index (κ3) is 4.34. The fourth-order valence-electron chi connectivity index (χ4n) is 5.83. The molecule has 4 rings (SSSR count). The van der Waals surface area contributed by atoms with Gasteiger partial charge in [0.1, 0.15) is 0 Å². The molecule has 168 valence electrons. The van der Waals surface area contributed by atoms with Crippen LogP contribution in [0.2, 0.25) is 0 Å². The molecule has 0 N–H and O–H groups in total. The first kappa shape index (κ1) is 22.2. The van der Waals surface area contributed by atoms with E-state index in [-0.39, 0.29) is 17.3 Å². The fourth-order valence-corrected chi connectivity index (χ4v) is 6.79. The molecular formula is C24H33N3O3S. The van der Waals surface area contributed by atoms with Crippen molar-refractivity contribution in [1.82, 2.24) is 14.5 Å². The van der Waals surface area contributed by atoms with Crippen LogP contribution in [-0.4, -0.2) is 51.3 Å². The van der Waals surface area contributed by atoms with Crippen molar-refractivity contribution in [2.45, 2.75) is 71.6 Å². The summed E-state index contributed by atoms with van der Waals surface area (Å²) in [7, 11) is 0. The van der Waals surface area contributed by atoms with E-state index < -0.39 is 0 Å². The van der Waals surface area contributed by atoms with E-state index in [9.17, 15) is 9.59 Å². The number of nitrogens with zero attached hydrogens (tertiary/aromatic N) is 3. The van der Waals surface area contributed by atoms with E-state index in [1.807, 2.05) is 6.07 Å². The van der Waals surface area contributed by atoms with Crippen molar-refractivity contribution in [2.75, 3.05) is 18.9 Å². The van der Waals surface area contributed by atoms with E-state index >= 15 is 0 Å². The third-order valence-corrected chi connectivity index (χ3v) is 7.56. The zero-order valence-corrected chi connectivity index (χ0v) is 20.1. The Hall–Kier alpha value is -2.02. The Balaban J connectivity index is 1.50. The SMILES string of the molecule is CCOC(=O)c1ccc2c(c1)nc(SCC(=O)N1CC3(C)CC1CC(C)(C)C3)n2CC. The molecule has 2 aromatic rings. The largest absolute Gasteiger partial charge is 0.462 e. The number of esters is 1. The van der Waals surface area contributed by atoms with Gasteiger partial charge in [-0.25, -0.2) is 9.78 Å². The Kier molecular flexibility index (Phi) is 5.83. The number of aryl methyl sites for hydroxylation is 1. The highest BCUT2D eigenvalue weighted by Gasteiger charge is 2.50. The number of benzene rings is 1.